The quantitative estimate of drug-likeness (QED) is 0.891. The van der Waals surface area contributed by atoms with Crippen LogP contribution in [0.25, 0.3) is 0 Å². The minimum absolute atomic E-state index is 0.0892. The molecule has 1 fully saturated rings. The minimum Gasteiger partial charge on any atom is -0.353 e. The zero-order valence-corrected chi connectivity index (χ0v) is 11.3. The summed E-state index contributed by atoms with van der Waals surface area (Å²) >= 11 is 0. The van der Waals surface area contributed by atoms with E-state index >= 15 is 0 Å². The molecular formula is C15H22N2O. The number of amides is 1. The largest absolute Gasteiger partial charge is 0.353 e. The van der Waals surface area contributed by atoms with Gasteiger partial charge in [-0.25, -0.2) is 0 Å². The zero-order valence-electron chi connectivity index (χ0n) is 11.3. The van der Waals surface area contributed by atoms with Gasteiger partial charge in [0.05, 0.1) is 5.92 Å². The molecule has 98 valence electrons. The van der Waals surface area contributed by atoms with Gasteiger partial charge in [0.25, 0.3) is 0 Å². The van der Waals surface area contributed by atoms with Crippen molar-refractivity contribution in [2.24, 2.45) is 0 Å². The van der Waals surface area contributed by atoms with Gasteiger partial charge in [-0.3, -0.25) is 9.78 Å². The van der Waals surface area contributed by atoms with Crippen molar-refractivity contribution in [3.05, 3.63) is 29.6 Å². The van der Waals surface area contributed by atoms with Gasteiger partial charge in [-0.15, -0.1) is 0 Å². The standard InChI is InChI=1S/C15H22N2O/c1-11-10-13(8-9-16-11)12(2)15(18)17-14-6-4-3-5-7-14/h8-10,12,14H,3-7H2,1-2H3,(H,17,18). The fourth-order valence-electron chi connectivity index (χ4n) is 2.56. The van der Waals surface area contributed by atoms with E-state index in [-0.39, 0.29) is 11.8 Å². The highest BCUT2D eigenvalue weighted by molar-refractivity contribution is 5.83. The molecule has 1 aromatic rings. The maximum Gasteiger partial charge on any atom is 0.227 e. The van der Waals surface area contributed by atoms with Crippen LogP contribution in [-0.2, 0) is 4.79 Å². The van der Waals surface area contributed by atoms with Gasteiger partial charge in [-0.05, 0) is 44.4 Å². The fourth-order valence-corrected chi connectivity index (χ4v) is 2.56. The first-order chi connectivity index (χ1) is 8.66. The first kappa shape index (κ1) is 13.1. The lowest BCUT2D eigenvalue weighted by molar-refractivity contribution is -0.123. The molecule has 1 N–H and O–H groups in total. The van der Waals surface area contributed by atoms with E-state index in [4.69, 9.17) is 0 Å². The predicted molar refractivity (Wildman–Crippen MR) is 72.4 cm³/mol. The van der Waals surface area contributed by atoms with Crippen molar-refractivity contribution >= 4 is 5.91 Å². The number of hydrogen-bond acceptors (Lipinski definition) is 2. The van der Waals surface area contributed by atoms with Crippen molar-refractivity contribution in [2.45, 2.75) is 57.9 Å². The monoisotopic (exact) mass is 246 g/mol. The molecule has 0 aromatic carbocycles. The normalized spacial score (nSPS) is 18.3. The maximum absolute atomic E-state index is 12.2. The molecule has 1 amide bonds. The number of nitrogens with one attached hydrogen (secondary N) is 1. The lowest BCUT2D eigenvalue weighted by Gasteiger charge is -2.24. The number of aromatic nitrogens is 1. The summed E-state index contributed by atoms with van der Waals surface area (Å²) in [6.07, 6.45) is 7.84. The van der Waals surface area contributed by atoms with E-state index in [0.29, 0.717) is 6.04 Å². The second-order valence-electron chi connectivity index (χ2n) is 5.30. The molecule has 0 aliphatic heterocycles. The summed E-state index contributed by atoms with van der Waals surface area (Å²) < 4.78 is 0. The second kappa shape index (κ2) is 5.98. The molecule has 1 unspecified atom stereocenters. The van der Waals surface area contributed by atoms with Crippen LogP contribution in [0.15, 0.2) is 18.3 Å². The molecular weight excluding hydrogens is 224 g/mol. The van der Waals surface area contributed by atoms with E-state index in [1.165, 1.54) is 19.3 Å². The Labute approximate surface area is 109 Å². The summed E-state index contributed by atoms with van der Waals surface area (Å²) in [5.41, 5.74) is 2.01. The van der Waals surface area contributed by atoms with Gasteiger partial charge < -0.3 is 5.32 Å². The Morgan fingerprint density at radius 1 is 1.39 bits per heavy atom. The van der Waals surface area contributed by atoms with Gasteiger partial charge in [-0.2, -0.15) is 0 Å². The van der Waals surface area contributed by atoms with Crippen LogP contribution in [0.1, 0.15) is 56.2 Å². The van der Waals surface area contributed by atoms with Crippen LogP contribution in [0.3, 0.4) is 0 Å². The van der Waals surface area contributed by atoms with Crippen LogP contribution < -0.4 is 5.32 Å². The highest BCUT2D eigenvalue weighted by Gasteiger charge is 2.20. The number of pyridine rings is 1. The number of rotatable bonds is 3. The summed E-state index contributed by atoms with van der Waals surface area (Å²) in [5, 5.41) is 3.18. The van der Waals surface area contributed by atoms with Crippen molar-refractivity contribution < 1.29 is 4.79 Å². The van der Waals surface area contributed by atoms with E-state index in [1.54, 1.807) is 6.20 Å². The van der Waals surface area contributed by atoms with E-state index in [2.05, 4.69) is 10.3 Å². The van der Waals surface area contributed by atoms with Gasteiger partial charge in [0.1, 0.15) is 0 Å². The summed E-state index contributed by atoms with van der Waals surface area (Å²) in [6, 6.07) is 4.31. The second-order valence-corrected chi connectivity index (χ2v) is 5.30. The molecule has 2 rings (SSSR count). The Bertz CT molecular complexity index is 411. The van der Waals surface area contributed by atoms with E-state index < -0.39 is 0 Å². The average Bonchev–Trinajstić information content (AvgIpc) is 2.39. The Kier molecular flexibility index (Phi) is 4.34. The fraction of sp³-hybridized carbons (Fsp3) is 0.600. The summed E-state index contributed by atoms with van der Waals surface area (Å²) in [7, 11) is 0. The maximum atomic E-state index is 12.2. The van der Waals surface area contributed by atoms with Crippen LogP contribution in [0.2, 0.25) is 0 Å². The highest BCUT2D eigenvalue weighted by Crippen LogP contribution is 2.20. The molecule has 1 aliphatic carbocycles. The zero-order chi connectivity index (χ0) is 13.0. The van der Waals surface area contributed by atoms with Crippen molar-refractivity contribution in [3.63, 3.8) is 0 Å². The summed E-state index contributed by atoms with van der Waals surface area (Å²) in [5.74, 6) is 0.0566. The number of nitrogens with zero attached hydrogens (tertiary/aromatic N) is 1. The summed E-state index contributed by atoms with van der Waals surface area (Å²) in [4.78, 5) is 16.4. The Morgan fingerprint density at radius 3 is 2.78 bits per heavy atom. The van der Waals surface area contributed by atoms with Crippen LogP contribution >= 0.6 is 0 Å². The van der Waals surface area contributed by atoms with Crippen LogP contribution in [0.5, 0.6) is 0 Å². The predicted octanol–water partition coefficient (Wildman–Crippen LogP) is 2.94. The van der Waals surface area contributed by atoms with Crippen molar-refractivity contribution in [1.29, 1.82) is 0 Å². The Morgan fingerprint density at radius 2 is 2.11 bits per heavy atom. The molecule has 0 saturated heterocycles. The minimum atomic E-state index is -0.0892. The molecule has 0 spiro atoms. The SMILES string of the molecule is Cc1cc(C(C)C(=O)NC2CCCCC2)ccn1. The lowest BCUT2D eigenvalue weighted by Crippen LogP contribution is -2.38. The van der Waals surface area contributed by atoms with E-state index in [9.17, 15) is 4.79 Å². The van der Waals surface area contributed by atoms with Crippen LogP contribution in [0, 0.1) is 6.92 Å². The number of carbonyl (C=O) groups excluding carboxylic acids is 1. The van der Waals surface area contributed by atoms with Gasteiger partial charge in [-0.1, -0.05) is 19.3 Å². The third-order valence-corrected chi connectivity index (χ3v) is 3.77. The molecule has 0 radical (unpaired) electrons. The van der Waals surface area contributed by atoms with E-state index in [1.807, 2.05) is 26.0 Å². The summed E-state index contributed by atoms with van der Waals surface area (Å²) in [6.45, 7) is 3.92. The third kappa shape index (κ3) is 3.31. The molecule has 0 bridgehead atoms. The van der Waals surface area contributed by atoms with Gasteiger partial charge in [0, 0.05) is 17.9 Å². The van der Waals surface area contributed by atoms with E-state index in [0.717, 1.165) is 24.1 Å². The highest BCUT2D eigenvalue weighted by atomic mass is 16.1. The lowest BCUT2D eigenvalue weighted by atomic mass is 9.94. The van der Waals surface area contributed by atoms with Crippen molar-refractivity contribution in [3.8, 4) is 0 Å². The number of hydrogen-bond donors (Lipinski definition) is 1. The van der Waals surface area contributed by atoms with Gasteiger partial charge >= 0.3 is 0 Å². The topological polar surface area (TPSA) is 42.0 Å². The third-order valence-electron chi connectivity index (χ3n) is 3.77. The molecule has 1 saturated carbocycles. The van der Waals surface area contributed by atoms with Crippen molar-refractivity contribution in [2.75, 3.05) is 0 Å². The molecule has 1 aliphatic rings. The van der Waals surface area contributed by atoms with Gasteiger partial charge in [0.15, 0.2) is 0 Å². The number of carbonyl (C=O) groups is 1. The molecule has 3 nitrogen and oxygen atoms in total. The molecule has 1 aromatic heterocycles. The molecule has 1 atom stereocenters. The molecule has 18 heavy (non-hydrogen) atoms. The smallest absolute Gasteiger partial charge is 0.227 e. The Hall–Kier alpha value is -1.38. The molecule has 3 heteroatoms. The molecule has 1 heterocycles. The van der Waals surface area contributed by atoms with Gasteiger partial charge in [0.2, 0.25) is 5.91 Å². The van der Waals surface area contributed by atoms with Crippen LogP contribution in [-0.4, -0.2) is 16.9 Å². The number of aryl methyl sites for hydroxylation is 1. The first-order valence-corrected chi connectivity index (χ1v) is 6.90. The van der Waals surface area contributed by atoms with Crippen LogP contribution in [0.4, 0.5) is 0 Å². The first-order valence-electron chi connectivity index (χ1n) is 6.90. The van der Waals surface area contributed by atoms with Crippen molar-refractivity contribution in [1.82, 2.24) is 10.3 Å². The average molecular weight is 246 g/mol. The Balaban J connectivity index is 1.95.